The highest BCUT2D eigenvalue weighted by Crippen LogP contribution is 2.33. The van der Waals surface area contributed by atoms with Crippen LogP contribution in [0.1, 0.15) is 5.56 Å². The number of hydrogen-bond donors (Lipinski definition) is 0. The molecule has 0 bridgehead atoms. The molecule has 3 rings (SSSR count). The fourth-order valence-corrected chi connectivity index (χ4v) is 3.28. The quantitative estimate of drug-likeness (QED) is 0.746. The molecule has 0 spiro atoms. The Bertz CT molecular complexity index is 512. The van der Waals surface area contributed by atoms with Gasteiger partial charge in [-0.2, -0.15) is 0 Å². The van der Waals surface area contributed by atoms with E-state index in [0.29, 0.717) is 6.04 Å². The van der Waals surface area contributed by atoms with Crippen molar-refractivity contribution in [1.82, 2.24) is 4.90 Å². The third kappa shape index (κ3) is 1.72. The van der Waals surface area contributed by atoms with Gasteiger partial charge in [-0.05, 0) is 18.4 Å². The van der Waals surface area contributed by atoms with Gasteiger partial charge in [-0.25, -0.2) is 4.99 Å². The summed E-state index contributed by atoms with van der Waals surface area (Å²) in [4.78, 5) is 11.6. The number of thioether (sulfide) groups is 1. The van der Waals surface area contributed by atoms with E-state index in [1.54, 1.807) is 11.8 Å². The second-order valence-corrected chi connectivity index (χ2v) is 5.38. The summed E-state index contributed by atoms with van der Waals surface area (Å²) in [5, 5.41) is 1.96. The van der Waals surface area contributed by atoms with Gasteiger partial charge >= 0.3 is 0 Å². The van der Waals surface area contributed by atoms with Crippen molar-refractivity contribution in [2.24, 2.45) is 9.98 Å². The van der Waals surface area contributed by atoms with Crippen molar-refractivity contribution in [1.29, 1.82) is 0 Å². The van der Waals surface area contributed by atoms with Crippen LogP contribution < -0.4 is 0 Å². The first kappa shape index (κ1) is 11.3. The number of para-hydroxylation sites is 1. The molecule has 2 aliphatic rings. The topological polar surface area (TPSA) is 28.0 Å². The highest BCUT2D eigenvalue weighted by atomic mass is 79.9. The Kier molecular flexibility index (Phi) is 2.96. The van der Waals surface area contributed by atoms with E-state index >= 15 is 0 Å². The molecule has 0 aromatic heterocycles. The number of aliphatic imine (C=N–C) groups is 2. The van der Waals surface area contributed by atoms with Crippen LogP contribution in [0.25, 0.3) is 0 Å². The van der Waals surface area contributed by atoms with Gasteiger partial charge in [0.25, 0.3) is 0 Å². The maximum absolute atomic E-state index is 4.71. The highest BCUT2D eigenvalue weighted by Gasteiger charge is 2.35. The van der Waals surface area contributed by atoms with Gasteiger partial charge in [0.2, 0.25) is 0 Å². The van der Waals surface area contributed by atoms with Crippen molar-refractivity contribution in [2.75, 3.05) is 18.1 Å². The van der Waals surface area contributed by atoms with E-state index < -0.39 is 0 Å². The summed E-state index contributed by atoms with van der Waals surface area (Å²) in [7, 11) is 0. The Morgan fingerprint density at radius 1 is 1.47 bits per heavy atom. The van der Waals surface area contributed by atoms with Crippen molar-refractivity contribution in [3.8, 4) is 0 Å². The van der Waals surface area contributed by atoms with E-state index in [1.165, 1.54) is 0 Å². The molecule has 0 N–H and O–H groups in total. The Balaban J connectivity index is 2.14. The van der Waals surface area contributed by atoms with Crippen LogP contribution in [-0.4, -0.2) is 40.1 Å². The van der Waals surface area contributed by atoms with Crippen LogP contribution in [0.4, 0.5) is 5.69 Å². The zero-order valence-corrected chi connectivity index (χ0v) is 11.8. The molecular formula is C12H12BrN3S. The number of benzene rings is 1. The molecule has 1 aromatic rings. The van der Waals surface area contributed by atoms with E-state index in [0.717, 1.165) is 34.1 Å². The second kappa shape index (κ2) is 4.46. The molecule has 0 aliphatic carbocycles. The van der Waals surface area contributed by atoms with Crippen LogP contribution in [0, 0.1) is 0 Å². The summed E-state index contributed by atoms with van der Waals surface area (Å²) in [5.41, 5.74) is 2.18. The van der Waals surface area contributed by atoms with Crippen molar-refractivity contribution < 1.29 is 0 Å². The van der Waals surface area contributed by atoms with Gasteiger partial charge in [-0.3, -0.25) is 9.89 Å². The molecule has 88 valence electrons. The lowest BCUT2D eigenvalue weighted by molar-refractivity contribution is 0.530. The molecular weight excluding hydrogens is 298 g/mol. The fourth-order valence-electron chi connectivity index (χ4n) is 2.16. The van der Waals surface area contributed by atoms with E-state index in [9.17, 15) is 0 Å². The minimum atomic E-state index is 0.393. The van der Waals surface area contributed by atoms with Gasteiger partial charge in [0.1, 0.15) is 5.84 Å². The summed E-state index contributed by atoms with van der Waals surface area (Å²) in [6, 6.07) is 8.60. The van der Waals surface area contributed by atoms with Crippen LogP contribution in [0.5, 0.6) is 0 Å². The zero-order valence-electron chi connectivity index (χ0n) is 9.43. The van der Waals surface area contributed by atoms with E-state index in [-0.39, 0.29) is 0 Å². The van der Waals surface area contributed by atoms with Crippen LogP contribution in [0.2, 0.25) is 0 Å². The number of amidine groups is 2. The average Bonchev–Trinajstić information content (AvgIpc) is 2.82. The van der Waals surface area contributed by atoms with Crippen LogP contribution in [0.3, 0.4) is 0 Å². The summed E-state index contributed by atoms with van der Waals surface area (Å²) in [6.07, 6.45) is 2.06. The molecule has 3 nitrogen and oxygen atoms in total. The van der Waals surface area contributed by atoms with E-state index in [4.69, 9.17) is 4.99 Å². The normalized spacial score (nSPS) is 21.8. The fraction of sp³-hybridized carbons (Fsp3) is 0.333. The van der Waals surface area contributed by atoms with Crippen molar-refractivity contribution in [2.45, 2.75) is 6.04 Å². The summed E-state index contributed by atoms with van der Waals surface area (Å²) >= 11 is 5.23. The Morgan fingerprint density at radius 2 is 2.29 bits per heavy atom. The van der Waals surface area contributed by atoms with Gasteiger partial charge in [0, 0.05) is 10.9 Å². The largest absolute Gasteiger partial charge is 0.299 e. The van der Waals surface area contributed by atoms with Crippen molar-refractivity contribution in [3.63, 3.8) is 0 Å². The molecule has 0 fully saturated rings. The van der Waals surface area contributed by atoms with Crippen molar-refractivity contribution >= 4 is 44.4 Å². The minimum Gasteiger partial charge on any atom is -0.299 e. The van der Waals surface area contributed by atoms with Crippen LogP contribution in [0.15, 0.2) is 34.3 Å². The SMILES string of the molecule is CSC1=Nc2ccccc2C2=NC[C@H](CBr)N12. The molecule has 1 aromatic carbocycles. The third-order valence-corrected chi connectivity index (χ3v) is 4.37. The number of rotatable bonds is 1. The summed E-state index contributed by atoms with van der Waals surface area (Å²) in [6.45, 7) is 0.842. The monoisotopic (exact) mass is 309 g/mol. The molecule has 1 atom stereocenters. The molecule has 0 unspecified atom stereocenters. The lowest BCUT2D eigenvalue weighted by Gasteiger charge is -2.30. The Labute approximate surface area is 113 Å². The number of nitrogens with zero attached hydrogens (tertiary/aromatic N) is 3. The van der Waals surface area contributed by atoms with Gasteiger partial charge in [0.05, 0.1) is 18.3 Å². The maximum Gasteiger partial charge on any atom is 0.170 e. The lowest BCUT2D eigenvalue weighted by Crippen LogP contribution is -2.43. The van der Waals surface area contributed by atoms with Gasteiger partial charge in [0.15, 0.2) is 5.17 Å². The molecule has 2 heterocycles. The maximum atomic E-state index is 4.71. The molecule has 0 radical (unpaired) electrons. The minimum absolute atomic E-state index is 0.393. The van der Waals surface area contributed by atoms with Crippen LogP contribution >= 0.6 is 27.7 Å². The van der Waals surface area contributed by atoms with E-state index in [1.807, 2.05) is 18.2 Å². The number of hydrogen-bond acceptors (Lipinski definition) is 4. The third-order valence-electron chi connectivity index (χ3n) is 2.97. The Morgan fingerprint density at radius 3 is 3.06 bits per heavy atom. The first-order valence-electron chi connectivity index (χ1n) is 5.47. The molecule has 5 heteroatoms. The van der Waals surface area contributed by atoms with Gasteiger partial charge in [-0.1, -0.05) is 39.8 Å². The number of halogens is 1. The second-order valence-electron chi connectivity index (χ2n) is 3.96. The molecule has 0 saturated carbocycles. The molecule has 0 saturated heterocycles. The molecule has 2 aliphatic heterocycles. The predicted molar refractivity (Wildman–Crippen MR) is 77.9 cm³/mol. The van der Waals surface area contributed by atoms with E-state index in [2.05, 4.69) is 38.1 Å². The smallest absolute Gasteiger partial charge is 0.170 e. The number of fused-ring (bicyclic) bond motifs is 3. The highest BCUT2D eigenvalue weighted by molar-refractivity contribution is 9.09. The molecule has 0 amide bonds. The predicted octanol–water partition coefficient (Wildman–Crippen LogP) is 2.88. The number of alkyl halides is 1. The first-order valence-corrected chi connectivity index (χ1v) is 7.81. The van der Waals surface area contributed by atoms with Crippen LogP contribution in [-0.2, 0) is 0 Å². The summed E-state index contributed by atoms with van der Waals surface area (Å²) in [5.74, 6) is 1.07. The standard InChI is InChI=1S/C12H12BrN3S/c1-17-12-15-10-5-3-2-4-9(10)11-14-7-8(6-13)16(11)12/h2-5,8H,6-7H2,1H3/t8-/m0/s1. The van der Waals surface area contributed by atoms with Gasteiger partial charge in [-0.15, -0.1) is 0 Å². The Hall–Kier alpha value is -0.810. The van der Waals surface area contributed by atoms with Crippen molar-refractivity contribution in [3.05, 3.63) is 29.8 Å². The van der Waals surface area contributed by atoms with Gasteiger partial charge < -0.3 is 0 Å². The zero-order chi connectivity index (χ0) is 11.8. The lowest BCUT2D eigenvalue weighted by atomic mass is 10.1. The average molecular weight is 310 g/mol. The molecule has 17 heavy (non-hydrogen) atoms. The first-order chi connectivity index (χ1) is 8.35. The summed E-state index contributed by atoms with van der Waals surface area (Å²) < 4.78 is 0.